The first-order valence-corrected chi connectivity index (χ1v) is 13.0. The molecule has 42 heavy (non-hydrogen) atoms. The molecular weight excluding hydrogens is 614 g/mol. The average Bonchev–Trinajstić information content (AvgIpc) is 3.15. The summed E-state index contributed by atoms with van der Waals surface area (Å²) in [6.07, 6.45) is -6.36. The second kappa shape index (κ2) is 11.4. The molecule has 0 aromatic carbocycles. The molecule has 0 bridgehead atoms. The highest BCUT2D eigenvalue weighted by atomic mass is 35.5. The Hall–Kier alpha value is -3.29. The number of nitriles is 1. The third kappa shape index (κ3) is 5.69. The standard InChI is InChI=1S/C25H22F6N6O3S.ClH/c26-24(27,28)13-35-7-4-16(5-8-35)40-20-2-1-14(11-34-20)37-22(41)36(21(39)23(37)6-3-19(23)38)15-9-17(25(29,30)31)18(10-32)33-12-15;/h1-2,9,11-12,16,22,41H,3-8,13H2;1H. The first-order valence-electron chi connectivity index (χ1n) is 12.5. The summed E-state index contributed by atoms with van der Waals surface area (Å²) in [5.41, 5.74) is -5.11. The summed E-state index contributed by atoms with van der Waals surface area (Å²) >= 11 is 4.49. The Balaban J connectivity index is 0.00000405. The SMILES string of the molecule is Cl.N#Cc1ncc(N2C(=O)C3(CCC3=O)N(c3ccc(OC4CCN(CC(F)(F)F)CC4)nc3)C2S)cc1C(F)(F)F. The van der Waals surface area contributed by atoms with E-state index in [-0.39, 0.29) is 61.7 Å². The number of piperidine rings is 1. The molecule has 0 N–H and O–H groups in total. The van der Waals surface area contributed by atoms with Crippen molar-refractivity contribution >= 4 is 48.1 Å². The van der Waals surface area contributed by atoms with Crippen molar-refractivity contribution in [2.24, 2.45) is 0 Å². The minimum absolute atomic E-state index is 0. The Morgan fingerprint density at radius 3 is 2.24 bits per heavy atom. The van der Waals surface area contributed by atoms with Gasteiger partial charge < -0.3 is 9.64 Å². The van der Waals surface area contributed by atoms with Gasteiger partial charge in [0.05, 0.1) is 35.9 Å². The molecule has 2 saturated heterocycles. The number of ether oxygens (including phenoxy) is 1. The molecule has 2 aliphatic heterocycles. The third-order valence-electron chi connectivity index (χ3n) is 7.41. The van der Waals surface area contributed by atoms with E-state index in [1.54, 1.807) is 0 Å². The van der Waals surface area contributed by atoms with Gasteiger partial charge in [-0.05, 0) is 31.4 Å². The van der Waals surface area contributed by atoms with Crippen molar-refractivity contribution < 1.29 is 40.7 Å². The Kier molecular flexibility index (Phi) is 8.60. The van der Waals surface area contributed by atoms with Crippen molar-refractivity contribution in [1.29, 1.82) is 5.26 Å². The number of nitrogens with zero attached hydrogens (tertiary/aromatic N) is 6. The van der Waals surface area contributed by atoms with E-state index in [4.69, 9.17) is 10.00 Å². The summed E-state index contributed by atoms with van der Waals surface area (Å²) < 4.78 is 84.4. The van der Waals surface area contributed by atoms with E-state index >= 15 is 0 Å². The van der Waals surface area contributed by atoms with Gasteiger partial charge in [0.1, 0.15) is 12.2 Å². The zero-order valence-electron chi connectivity index (χ0n) is 21.5. The van der Waals surface area contributed by atoms with E-state index in [0.29, 0.717) is 18.9 Å². The molecular formula is C25H23ClF6N6O3S. The molecule has 1 saturated carbocycles. The summed E-state index contributed by atoms with van der Waals surface area (Å²) in [5, 5.41) is 9.05. The van der Waals surface area contributed by atoms with E-state index < -0.39 is 52.9 Å². The molecule has 2 atom stereocenters. The minimum Gasteiger partial charge on any atom is -0.474 e. The normalized spacial score (nSPS) is 23.5. The highest BCUT2D eigenvalue weighted by Gasteiger charge is 2.66. The van der Waals surface area contributed by atoms with Crippen LogP contribution in [-0.2, 0) is 15.8 Å². The van der Waals surface area contributed by atoms with E-state index in [1.807, 2.05) is 0 Å². The third-order valence-corrected chi connectivity index (χ3v) is 7.87. The monoisotopic (exact) mass is 636 g/mol. The van der Waals surface area contributed by atoms with Gasteiger partial charge in [0.25, 0.3) is 5.91 Å². The molecule has 1 amide bonds. The van der Waals surface area contributed by atoms with Crippen LogP contribution in [0.25, 0.3) is 0 Å². The van der Waals surface area contributed by atoms with E-state index in [9.17, 15) is 35.9 Å². The number of ketones is 1. The lowest BCUT2D eigenvalue weighted by molar-refractivity contribution is -0.149. The topological polar surface area (TPSA) is 103 Å². The van der Waals surface area contributed by atoms with Crippen molar-refractivity contribution in [1.82, 2.24) is 14.9 Å². The van der Waals surface area contributed by atoms with E-state index in [2.05, 4.69) is 22.6 Å². The van der Waals surface area contributed by atoms with Crippen LogP contribution in [0.15, 0.2) is 30.6 Å². The number of aromatic nitrogens is 2. The molecule has 4 heterocycles. The summed E-state index contributed by atoms with van der Waals surface area (Å²) in [6.45, 7) is -0.569. The van der Waals surface area contributed by atoms with Crippen LogP contribution in [0.3, 0.4) is 0 Å². The predicted octanol–water partition coefficient (Wildman–Crippen LogP) is 4.36. The molecule has 5 rings (SSSR count). The quantitative estimate of drug-likeness (QED) is 0.294. The minimum atomic E-state index is -4.92. The van der Waals surface area contributed by atoms with Gasteiger partial charge in [0.15, 0.2) is 22.5 Å². The van der Waals surface area contributed by atoms with Crippen molar-refractivity contribution in [3.8, 4) is 11.9 Å². The number of anilines is 2. The van der Waals surface area contributed by atoms with Crippen molar-refractivity contribution in [3.63, 3.8) is 0 Å². The van der Waals surface area contributed by atoms with Gasteiger partial charge in [-0.15, -0.1) is 25.0 Å². The van der Waals surface area contributed by atoms with E-state index in [0.717, 1.165) is 11.1 Å². The first-order chi connectivity index (χ1) is 19.2. The number of halogens is 7. The fraction of sp³-hybridized carbons (Fsp3) is 0.480. The number of thiol groups is 1. The molecule has 1 aliphatic carbocycles. The Morgan fingerprint density at radius 2 is 1.74 bits per heavy atom. The number of hydrogen-bond donors (Lipinski definition) is 1. The smallest absolute Gasteiger partial charge is 0.419 e. The van der Waals surface area contributed by atoms with Crippen molar-refractivity contribution in [2.45, 2.75) is 55.2 Å². The number of amides is 1. The van der Waals surface area contributed by atoms with Gasteiger partial charge in [-0.2, -0.15) is 31.6 Å². The number of carbonyl (C=O) groups excluding carboxylic acids is 2. The molecule has 3 fully saturated rings. The van der Waals surface area contributed by atoms with Gasteiger partial charge in [-0.3, -0.25) is 19.4 Å². The van der Waals surface area contributed by atoms with Crippen LogP contribution in [0.4, 0.5) is 37.7 Å². The molecule has 17 heteroatoms. The molecule has 0 radical (unpaired) electrons. The zero-order valence-corrected chi connectivity index (χ0v) is 23.2. The molecule has 2 unspecified atom stereocenters. The maximum Gasteiger partial charge on any atom is 0.419 e. The largest absolute Gasteiger partial charge is 0.474 e. The maximum absolute atomic E-state index is 13.6. The molecule has 226 valence electrons. The summed E-state index contributed by atoms with van der Waals surface area (Å²) in [4.78, 5) is 37.9. The summed E-state index contributed by atoms with van der Waals surface area (Å²) in [7, 11) is 0. The highest BCUT2D eigenvalue weighted by molar-refractivity contribution is 7.81. The van der Waals surface area contributed by atoms with Gasteiger partial charge >= 0.3 is 12.4 Å². The van der Waals surface area contributed by atoms with Gasteiger partial charge in [-0.25, -0.2) is 9.97 Å². The molecule has 2 aromatic heterocycles. The maximum atomic E-state index is 13.6. The van der Waals surface area contributed by atoms with Gasteiger partial charge in [0.2, 0.25) is 5.88 Å². The number of Topliss-reactive ketones (excluding diaryl/α,β-unsaturated/α-hetero) is 1. The van der Waals surface area contributed by atoms with Gasteiger partial charge in [0, 0.05) is 25.6 Å². The van der Waals surface area contributed by atoms with Crippen molar-refractivity contribution in [2.75, 3.05) is 29.4 Å². The number of rotatable bonds is 5. The molecule has 3 aliphatic rings. The average molecular weight is 637 g/mol. The first kappa shape index (κ1) is 31.6. The van der Waals surface area contributed by atoms with E-state index in [1.165, 1.54) is 34.2 Å². The summed E-state index contributed by atoms with van der Waals surface area (Å²) in [5.74, 6) is -1.03. The lowest BCUT2D eigenvalue weighted by atomic mass is 9.74. The predicted molar refractivity (Wildman–Crippen MR) is 141 cm³/mol. The van der Waals surface area contributed by atoms with Crippen LogP contribution in [0.1, 0.15) is 36.9 Å². The highest BCUT2D eigenvalue weighted by Crippen LogP contribution is 2.48. The lowest BCUT2D eigenvalue weighted by Crippen LogP contribution is -2.63. The number of hydrogen-bond acceptors (Lipinski definition) is 9. The van der Waals surface area contributed by atoms with Crippen LogP contribution in [0.5, 0.6) is 5.88 Å². The second-order valence-electron chi connectivity index (χ2n) is 9.94. The summed E-state index contributed by atoms with van der Waals surface area (Å²) in [6, 6.07) is 5.01. The number of pyridine rings is 2. The van der Waals surface area contributed by atoms with Crippen LogP contribution in [0, 0.1) is 11.3 Å². The lowest BCUT2D eigenvalue weighted by Gasteiger charge is -2.42. The Morgan fingerprint density at radius 1 is 1.07 bits per heavy atom. The van der Waals surface area contributed by atoms with Crippen LogP contribution >= 0.6 is 25.0 Å². The number of carbonyl (C=O) groups is 2. The fourth-order valence-electron chi connectivity index (χ4n) is 5.35. The molecule has 1 spiro atoms. The number of alkyl halides is 6. The Labute approximate surface area is 247 Å². The fourth-order valence-corrected chi connectivity index (χ4v) is 5.92. The van der Waals surface area contributed by atoms with Crippen LogP contribution < -0.4 is 14.5 Å². The van der Waals surface area contributed by atoms with Crippen LogP contribution in [0.2, 0.25) is 0 Å². The molecule has 2 aromatic rings. The second-order valence-corrected chi connectivity index (χ2v) is 10.4. The Bertz CT molecular complexity index is 1400. The molecule has 9 nitrogen and oxygen atoms in total. The van der Waals surface area contributed by atoms with Crippen LogP contribution in [-0.4, -0.2) is 69.5 Å². The number of likely N-dealkylation sites (tertiary alicyclic amines) is 1. The zero-order chi connectivity index (χ0) is 29.7. The van der Waals surface area contributed by atoms with Crippen molar-refractivity contribution in [3.05, 3.63) is 41.9 Å². The van der Waals surface area contributed by atoms with Gasteiger partial charge in [-0.1, -0.05) is 0 Å².